The van der Waals surface area contributed by atoms with E-state index in [1.807, 2.05) is 67.3 Å². The Labute approximate surface area is 141 Å². The van der Waals surface area contributed by atoms with Gasteiger partial charge in [-0.1, -0.05) is 29.8 Å². The Morgan fingerprint density at radius 3 is 2.45 bits per heavy atom. The zero-order valence-electron chi connectivity index (χ0n) is 12.9. The topological polar surface area (TPSA) is 20.3 Å². The molecule has 0 aliphatic heterocycles. The van der Waals surface area contributed by atoms with Crippen LogP contribution in [0.4, 0.5) is 5.69 Å². The monoisotopic (exact) mass is 333 g/mol. The molecule has 0 atom stereocenters. The standard InChI is InChI=1S/C18H20ClNOS/c1-3-20(17-7-5-4-6-14(17)2)18(21)12-13-22-16-10-8-15(19)9-11-16/h4-11H,3,12-13H2,1-2H3. The fourth-order valence-corrected chi connectivity index (χ4v) is 3.24. The number of rotatable bonds is 6. The van der Waals surface area contributed by atoms with E-state index in [0.29, 0.717) is 13.0 Å². The quantitative estimate of drug-likeness (QED) is 0.678. The molecule has 2 rings (SSSR count). The molecule has 0 N–H and O–H groups in total. The van der Waals surface area contributed by atoms with E-state index < -0.39 is 0 Å². The van der Waals surface area contributed by atoms with Gasteiger partial charge in [0.05, 0.1) is 0 Å². The highest BCUT2D eigenvalue weighted by molar-refractivity contribution is 7.99. The Morgan fingerprint density at radius 1 is 1.14 bits per heavy atom. The summed E-state index contributed by atoms with van der Waals surface area (Å²) < 4.78 is 0. The van der Waals surface area contributed by atoms with Crippen molar-refractivity contribution in [1.82, 2.24) is 0 Å². The minimum Gasteiger partial charge on any atom is -0.312 e. The predicted molar refractivity (Wildman–Crippen MR) is 96.0 cm³/mol. The molecule has 0 fully saturated rings. The fraction of sp³-hybridized carbons (Fsp3) is 0.278. The molecule has 0 unspecified atom stereocenters. The zero-order chi connectivity index (χ0) is 15.9. The number of carbonyl (C=O) groups is 1. The van der Waals surface area contributed by atoms with E-state index in [-0.39, 0.29) is 5.91 Å². The summed E-state index contributed by atoms with van der Waals surface area (Å²) in [5.74, 6) is 0.932. The van der Waals surface area contributed by atoms with Crippen molar-refractivity contribution in [2.75, 3.05) is 17.2 Å². The largest absolute Gasteiger partial charge is 0.312 e. The zero-order valence-corrected chi connectivity index (χ0v) is 14.5. The molecule has 22 heavy (non-hydrogen) atoms. The van der Waals surface area contributed by atoms with Gasteiger partial charge in [-0.2, -0.15) is 0 Å². The van der Waals surface area contributed by atoms with Crippen molar-refractivity contribution in [2.24, 2.45) is 0 Å². The smallest absolute Gasteiger partial charge is 0.227 e. The summed E-state index contributed by atoms with van der Waals surface area (Å²) in [6.07, 6.45) is 0.523. The van der Waals surface area contributed by atoms with E-state index in [0.717, 1.165) is 26.9 Å². The minimum absolute atomic E-state index is 0.165. The maximum Gasteiger partial charge on any atom is 0.227 e. The van der Waals surface area contributed by atoms with E-state index >= 15 is 0 Å². The molecule has 0 saturated heterocycles. The third-order valence-electron chi connectivity index (χ3n) is 3.42. The SMILES string of the molecule is CCN(C(=O)CCSc1ccc(Cl)cc1)c1ccccc1C. The maximum absolute atomic E-state index is 12.5. The van der Waals surface area contributed by atoms with Crippen molar-refractivity contribution in [3.8, 4) is 0 Å². The number of nitrogens with zero attached hydrogens (tertiary/aromatic N) is 1. The second-order valence-electron chi connectivity index (χ2n) is 4.98. The van der Waals surface area contributed by atoms with Gasteiger partial charge in [0.2, 0.25) is 5.91 Å². The summed E-state index contributed by atoms with van der Waals surface area (Å²) in [6.45, 7) is 4.74. The molecule has 2 nitrogen and oxygen atoms in total. The van der Waals surface area contributed by atoms with E-state index in [9.17, 15) is 4.79 Å². The molecule has 0 heterocycles. The van der Waals surface area contributed by atoms with Gasteiger partial charge in [-0.15, -0.1) is 11.8 Å². The van der Waals surface area contributed by atoms with Crippen LogP contribution in [0.5, 0.6) is 0 Å². The Hall–Kier alpha value is -1.45. The first-order valence-corrected chi connectivity index (χ1v) is 8.72. The Morgan fingerprint density at radius 2 is 1.82 bits per heavy atom. The molecule has 4 heteroatoms. The number of carbonyl (C=O) groups excluding carboxylic acids is 1. The molecule has 0 aromatic heterocycles. The van der Waals surface area contributed by atoms with Crippen LogP contribution in [0.25, 0.3) is 0 Å². The van der Waals surface area contributed by atoms with Crippen molar-refractivity contribution in [1.29, 1.82) is 0 Å². The van der Waals surface area contributed by atoms with Gasteiger partial charge in [0.15, 0.2) is 0 Å². The number of aryl methyl sites for hydroxylation is 1. The normalized spacial score (nSPS) is 10.5. The highest BCUT2D eigenvalue weighted by atomic mass is 35.5. The average Bonchev–Trinajstić information content (AvgIpc) is 2.52. The van der Waals surface area contributed by atoms with Crippen LogP contribution in [0.1, 0.15) is 18.9 Å². The number of para-hydroxylation sites is 1. The Bertz CT molecular complexity index is 627. The van der Waals surface area contributed by atoms with E-state index in [2.05, 4.69) is 0 Å². The summed E-state index contributed by atoms with van der Waals surface area (Å²) in [4.78, 5) is 15.5. The second kappa shape index (κ2) is 8.25. The van der Waals surface area contributed by atoms with Crippen molar-refractivity contribution >= 4 is 35.0 Å². The number of anilines is 1. The van der Waals surface area contributed by atoms with E-state index in [1.54, 1.807) is 11.8 Å². The van der Waals surface area contributed by atoms with Crippen molar-refractivity contribution in [3.05, 3.63) is 59.1 Å². The first-order valence-electron chi connectivity index (χ1n) is 7.36. The van der Waals surface area contributed by atoms with E-state index in [1.165, 1.54) is 0 Å². The predicted octanol–water partition coefficient (Wildman–Crippen LogP) is 5.18. The lowest BCUT2D eigenvalue weighted by molar-refractivity contribution is -0.118. The van der Waals surface area contributed by atoms with Crippen LogP contribution in [0, 0.1) is 6.92 Å². The molecule has 116 valence electrons. The molecule has 2 aromatic carbocycles. The van der Waals surface area contributed by atoms with Crippen LogP contribution in [0.3, 0.4) is 0 Å². The molecule has 0 aliphatic carbocycles. The molecule has 0 spiro atoms. The lowest BCUT2D eigenvalue weighted by Gasteiger charge is -2.23. The number of benzene rings is 2. The van der Waals surface area contributed by atoms with Gasteiger partial charge in [0, 0.05) is 34.3 Å². The highest BCUT2D eigenvalue weighted by Crippen LogP contribution is 2.23. The van der Waals surface area contributed by atoms with Crippen LogP contribution in [-0.2, 0) is 4.79 Å². The Kier molecular flexibility index (Phi) is 6.34. The number of halogens is 1. The molecule has 0 aliphatic rings. The highest BCUT2D eigenvalue weighted by Gasteiger charge is 2.15. The van der Waals surface area contributed by atoms with Crippen LogP contribution in [0.15, 0.2) is 53.4 Å². The van der Waals surface area contributed by atoms with Gasteiger partial charge < -0.3 is 4.90 Å². The first-order chi connectivity index (χ1) is 10.6. The Balaban J connectivity index is 1.93. The molecule has 0 bridgehead atoms. The second-order valence-corrected chi connectivity index (χ2v) is 6.58. The maximum atomic E-state index is 12.5. The van der Waals surface area contributed by atoms with Crippen LogP contribution >= 0.6 is 23.4 Å². The van der Waals surface area contributed by atoms with Gasteiger partial charge in [0.25, 0.3) is 0 Å². The summed E-state index contributed by atoms with van der Waals surface area (Å²) in [7, 11) is 0. The van der Waals surface area contributed by atoms with Crippen molar-refractivity contribution in [2.45, 2.75) is 25.2 Å². The van der Waals surface area contributed by atoms with Crippen LogP contribution < -0.4 is 4.90 Å². The minimum atomic E-state index is 0.165. The molecule has 0 radical (unpaired) electrons. The van der Waals surface area contributed by atoms with Crippen LogP contribution in [-0.4, -0.2) is 18.2 Å². The average molecular weight is 334 g/mol. The molecule has 0 saturated carbocycles. The number of hydrogen-bond donors (Lipinski definition) is 0. The number of hydrogen-bond acceptors (Lipinski definition) is 2. The summed E-state index contributed by atoms with van der Waals surface area (Å²) >= 11 is 7.55. The van der Waals surface area contributed by atoms with Gasteiger partial charge in [0.1, 0.15) is 0 Å². The molecular weight excluding hydrogens is 314 g/mol. The summed E-state index contributed by atoms with van der Waals surface area (Å²) in [6, 6.07) is 15.7. The van der Waals surface area contributed by atoms with Gasteiger partial charge >= 0.3 is 0 Å². The third kappa shape index (κ3) is 4.52. The van der Waals surface area contributed by atoms with Gasteiger partial charge in [-0.25, -0.2) is 0 Å². The van der Waals surface area contributed by atoms with Gasteiger partial charge in [-0.05, 0) is 49.7 Å². The lowest BCUT2D eigenvalue weighted by atomic mass is 10.1. The fourth-order valence-electron chi connectivity index (χ4n) is 2.27. The molecule has 1 amide bonds. The molecule has 2 aromatic rings. The number of thioether (sulfide) groups is 1. The number of amides is 1. The van der Waals surface area contributed by atoms with Crippen molar-refractivity contribution in [3.63, 3.8) is 0 Å². The molecular formula is C18H20ClNOS. The lowest BCUT2D eigenvalue weighted by Crippen LogP contribution is -2.31. The van der Waals surface area contributed by atoms with Gasteiger partial charge in [-0.3, -0.25) is 4.79 Å². The summed E-state index contributed by atoms with van der Waals surface area (Å²) in [5.41, 5.74) is 2.13. The van der Waals surface area contributed by atoms with Crippen LogP contribution in [0.2, 0.25) is 5.02 Å². The van der Waals surface area contributed by atoms with E-state index in [4.69, 9.17) is 11.6 Å². The first kappa shape index (κ1) is 16.9. The summed E-state index contributed by atoms with van der Waals surface area (Å²) in [5, 5.41) is 0.733. The van der Waals surface area contributed by atoms with Crippen molar-refractivity contribution < 1.29 is 4.79 Å². The third-order valence-corrected chi connectivity index (χ3v) is 4.69.